The van der Waals surface area contributed by atoms with Gasteiger partial charge in [0.1, 0.15) is 0 Å². The third kappa shape index (κ3) is 4.16. The molecule has 4 N–H and O–H groups in total. The van der Waals surface area contributed by atoms with E-state index in [9.17, 15) is 9.59 Å². The van der Waals surface area contributed by atoms with Gasteiger partial charge in [0.15, 0.2) is 0 Å². The summed E-state index contributed by atoms with van der Waals surface area (Å²) in [6, 6.07) is -0.391. The Morgan fingerprint density at radius 2 is 2.27 bits per heavy atom. The Hall–Kier alpha value is -1.30. The van der Waals surface area contributed by atoms with Gasteiger partial charge in [-0.15, -0.1) is 0 Å². The first kappa shape index (κ1) is 11.8. The molecule has 0 aromatic carbocycles. The Morgan fingerprint density at radius 3 is 2.87 bits per heavy atom. The average Bonchev–Trinajstić information content (AvgIpc) is 2.17. The highest BCUT2D eigenvalue weighted by atomic mass is 16.4. The number of carboxylic acid groups (broad SMARTS) is 1. The number of carboxylic acids is 1. The monoisotopic (exact) mass is 215 g/mol. The summed E-state index contributed by atoms with van der Waals surface area (Å²) >= 11 is 0. The highest BCUT2D eigenvalue weighted by Gasteiger charge is 2.21. The maximum absolute atomic E-state index is 10.9. The van der Waals surface area contributed by atoms with E-state index < -0.39 is 12.0 Å². The van der Waals surface area contributed by atoms with Gasteiger partial charge < -0.3 is 21.1 Å². The number of carbonyl (C=O) groups is 2. The molecule has 1 atom stereocenters. The van der Waals surface area contributed by atoms with Crippen molar-refractivity contribution in [1.82, 2.24) is 10.2 Å². The van der Waals surface area contributed by atoms with E-state index in [1.807, 2.05) is 0 Å². The predicted octanol–water partition coefficient (Wildman–Crippen LogP) is -0.549. The van der Waals surface area contributed by atoms with Crippen LogP contribution in [0.2, 0.25) is 0 Å². The second-order valence-electron chi connectivity index (χ2n) is 3.82. The number of hydrogen-bond acceptors (Lipinski definition) is 3. The second-order valence-corrected chi connectivity index (χ2v) is 3.82. The van der Waals surface area contributed by atoms with Gasteiger partial charge in [-0.3, -0.25) is 4.79 Å². The zero-order chi connectivity index (χ0) is 11.3. The average molecular weight is 215 g/mol. The fourth-order valence-electron chi connectivity index (χ4n) is 1.82. The molecule has 1 rings (SSSR count). The van der Waals surface area contributed by atoms with Crippen molar-refractivity contribution in [3.8, 4) is 0 Å². The standard InChI is InChI=1S/C9H17N3O3/c10-9(15)12-3-1-2-7(6-12)4-11-5-8(13)14/h7,11H,1-6H2,(H2,10,15)(H,13,14). The molecule has 86 valence electrons. The molecule has 1 fully saturated rings. The van der Waals surface area contributed by atoms with E-state index in [0.717, 1.165) is 12.8 Å². The molecule has 6 nitrogen and oxygen atoms in total. The Kier molecular flexibility index (Phi) is 4.36. The van der Waals surface area contributed by atoms with Gasteiger partial charge in [-0.1, -0.05) is 0 Å². The Labute approximate surface area is 88.4 Å². The van der Waals surface area contributed by atoms with Crippen LogP contribution in [0.4, 0.5) is 4.79 Å². The highest BCUT2D eigenvalue weighted by molar-refractivity contribution is 5.72. The third-order valence-electron chi connectivity index (χ3n) is 2.54. The van der Waals surface area contributed by atoms with Gasteiger partial charge in [-0.25, -0.2) is 4.79 Å². The summed E-state index contributed by atoms with van der Waals surface area (Å²) in [5.74, 6) is -0.553. The highest BCUT2D eigenvalue weighted by Crippen LogP contribution is 2.14. The van der Waals surface area contributed by atoms with E-state index in [1.54, 1.807) is 4.90 Å². The van der Waals surface area contributed by atoms with Crippen molar-refractivity contribution < 1.29 is 14.7 Å². The molecule has 1 unspecified atom stereocenters. The largest absolute Gasteiger partial charge is 0.480 e. The molecule has 0 bridgehead atoms. The number of urea groups is 1. The maximum Gasteiger partial charge on any atom is 0.317 e. The Morgan fingerprint density at radius 1 is 1.53 bits per heavy atom. The fraction of sp³-hybridized carbons (Fsp3) is 0.778. The Bertz CT molecular complexity index is 245. The van der Waals surface area contributed by atoms with E-state index in [1.165, 1.54) is 0 Å². The number of primary amides is 1. The summed E-state index contributed by atoms with van der Waals surface area (Å²) in [5.41, 5.74) is 5.18. The van der Waals surface area contributed by atoms with E-state index in [0.29, 0.717) is 25.6 Å². The van der Waals surface area contributed by atoms with Crippen molar-refractivity contribution in [3.63, 3.8) is 0 Å². The summed E-state index contributed by atoms with van der Waals surface area (Å²) in [6.07, 6.45) is 1.94. The molecular weight excluding hydrogens is 198 g/mol. The van der Waals surface area contributed by atoms with Gasteiger partial charge in [0.05, 0.1) is 6.54 Å². The number of likely N-dealkylation sites (tertiary alicyclic amines) is 1. The van der Waals surface area contributed by atoms with Gasteiger partial charge in [0.25, 0.3) is 0 Å². The number of amides is 2. The molecule has 0 spiro atoms. The SMILES string of the molecule is NC(=O)N1CCCC(CNCC(=O)O)C1. The van der Waals surface area contributed by atoms with Crippen LogP contribution in [-0.4, -0.2) is 48.2 Å². The van der Waals surface area contributed by atoms with Crippen LogP contribution in [0.1, 0.15) is 12.8 Å². The quantitative estimate of drug-likeness (QED) is 0.586. The number of nitrogens with zero attached hydrogens (tertiary/aromatic N) is 1. The van der Waals surface area contributed by atoms with E-state index in [-0.39, 0.29) is 6.54 Å². The minimum Gasteiger partial charge on any atom is -0.480 e. The van der Waals surface area contributed by atoms with Crippen molar-refractivity contribution in [2.75, 3.05) is 26.2 Å². The number of nitrogens with two attached hydrogens (primary N) is 1. The van der Waals surface area contributed by atoms with Crippen molar-refractivity contribution in [2.24, 2.45) is 11.7 Å². The van der Waals surface area contributed by atoms with Crippen molar-refractivity contribution >= 4 is 12.0 Å². The number of hydrogen-bond donors (Lipinski definition) is 3. The smallest absolute Gasteiger partial charge is 0.317 e. The summed E-state index contributed by atoms with van der Waals surface area (Å²) in [5, 5.41) is 11.3. The van der Waals surface area contributed by atoms with Crippen LogP contribution in [-0.2, 0) is 4.79 Å². The minimum atomic E-state index is -0.863. The molecule has 1 saturated heterocycles. The number of nitrogens with one attached hydrogen (secondary N) is 1. The van der Waals surface area contributed by atoms with E-state index >= 15 is 0 Å². The van der Waals surface area contributed by atoms with Crippen LogP contribution < -0.4 is 11.1 Å². The molecule has 0 radical (unpaired) electrons. The predicted molar refractivity (Wildman–Crippen MR) is 54.4 cm³/mol. The summed E-state index contributed by atoms with van der Waals surface area (Å²) in [7, 11) is 0. The van der Waals surface area contributed by atoms with E-state index in [2.05, 4.69) is 5.32 Å². The molecule has 1 aliphatic heterocycles. The minimum absolute atomic E-state index is 0.0347. The van der Waals surface area contributed by atoms with Gasteiger partial charge in [0, 0.05) is 19.6 Å². The van der Waals surface area contributed by atoms with Crippen LogP contribution >= 0.6 is 0 Å². The van der Waals surface area contributed by atoms with Crippen LogP contribution in [0.3, 0.4) is 0 Å². The lowest BCUT2D eigenvalue weighted by atomic mass is 9.98. The summed E-state index contributed by atoms with van der Waals surface area (Å²) < 4.78 is 0. The number of aliphatic carboxylic acids is 1. The summed E-state index contributed by atoms with van der Waals surface area (Å²) in [4.78, 5) is 22.8. The van der Waals surface area contributed by atoms with Gasteiger partial charge in [-0.05, 0) is 18.8 Å². The Balaban J connectivity index is 2.24. The number of carbonyl (C=O) groups excluding carboxylic acids is 1. The van der Waals surface area contributed by atoms with Gasteiger partial charge >= 0.3 is 12.0 Å². The lowest BCUT2D eigenvalue weighted by molar-refractivity contribution is -0.136. The number of rotatable bonds is 4. The molecule has 0 aromatic rings. The molecule has 2 amide bonds. The van der Waals surface area contributed by atoms with Crippen LogP contribution in [0.25, 0.3) is 0 Å². The second kappa shape index (κ2) is 5.55. The lowest BCUT2D eigenvalue weighted by Crippen LogP contribution is -2.45. The fourth-order valence-corrected chi connectivity index (χ4v) is 1.82. The van der Waals surface area contributed by atoms with Crippen LogP contribution in [0.15, 0.2) is 0 Å². The molecule has 0 aromatic heterocycles. The molecule has 1 heterocycles. The molecule has 0 saturated carbocycles. The first-order chi connectivity index (χ1) is 7.09. The van der Waals surface area contributed by atoms with Crippen LogP contribution in [0, 0.1) is 5.92 Å². The van der Waals surface area contributed by atoms with Crippen molar-refractivity contribution in [1.29, 1.82) is 0 Å². The van der Waals surface area contributed by atoms with Gasteiger partial charge in [0.2, 0.25) is 0 Å². The molecule has 15 heavy (non-hydrogen) atoms. The topological polar surface area (TPSA) is 95.7 Å². The first-order valence-electron chi connectivity index (χ1n) is 5.06. The number of piperidine rings is 1. The maximum atomic E-state index is 10.9. The molecule has 0 aliphatic carbocycles. The zero-order valence-electron chi connectivity index (χ0n) is 8.61. The summed E-state index contributed by atoms with van der Waals surface area (Å²) in [6.45, 7) is 1.93. The molecular formula is C9H17N3O3. The lowest BCUT2D eigenvalue weighted by Gasteiger charge is -2.31. The van der Waals surface area contributed by atoms with Crippen LogP contribution in [0.5, 0.6) is 0 Å². The van der Waals surface area contributed by atoms with Crippen molar-refractivity contribution in [2.45, 2.75) is 12.8 Å². The van der Waals surface area contributed by atoms with Gasteiger partial charge in [-0.2, -0.15) is 0 Å². The van der Waals surface area contributed by atoms with Crippen molar-refractivity contribution in [3.05, 3.63) is 0 Å². The molecule has 6 heteroatoms. The molecule has 1 aliphatic rings. The zero-order valence-corrected chi connectivity index (χ0v) is 8.61. The third-order valence-corrected chi connectivity index (χ3v) is 2.54. The normalized spacial score (nSPS) is 21.3. The van der Waals surface area contributed by atoms with E-state index in [4.69, 9.17) is 10.8 Å². The first-order valence-corrected chi connectivity index (χ1v) is 5.06.